The van der Waals surface area contributed by atoms with Gasteiger partial charge in [0.05, 0.1) is 26.2 Å². The average molecular weight is 466 g/mol. The quantitative estimate of drug-likeness (QED) is 0.227. The molecule has 0 bridgehead atoms. The normalized spacial score (nSPS) is 14.0. The van der Waals surface area contributed by atoms with Gasteiger partial charge in [-0.15, -0.1) is 0 Å². The summed E-state index contributed by atoms with van der Waals surface area (Å²) in [5.41, 5.74) is 2.03. The number of piperidine rings is 1. The first-order valence-electron chi connectivity index (χ1n) is 11.6. The zero-order valence-electron chi connectivity index (χ0n) is 19.3. The highest BCUT2D eigenvalue weighted by atomic mass is 16.6. The predicted molar refractivity (Wildman–Crippen MR) is 130 cm³/mol. The molecule has 2 aromatic carbocycles. The minimum Gasteiger partial charge on any atom is -0.463 e. The molecule has 1 aliphatic heterocycles. The van der Waals surface area contributed by atoms with Crippen molar-refractivity contribution in [1.29, 1.82) is 5.26 Å². The van der Waals surface area contributed by atoms with Crippen molar-refractivity contribution < 1.29 is 24.2 Å². The fraction of sp³-hybridized carbons (Fsp3) is 0.423. The number of fused-ring (bicyclic) bond motifs is 1. The van der Waals surface area contributed by atoms with Gasteiger partial charge in [0.25, 0.3) is 5.91 Å². The lowest BCUT2D eigenvalue weighted by atomic mass is 10.0. The number of esters is 1. The van der Waals surface area contributed by atoms with Crippen LogP contribution in [0.5, 0.6) is 0 Å². The van der Waals surface area contributed by atoms with E-state index in [0.717, 1.165) is 29.4 Å². The lowest BCUT2D eigenvalue weighted by Crippen LogP contribution is -2.29. The van der Waals surface area contributed by atoms with E-state index in [0.29, 0.717) is 0 Å². The molecule has 0 aliphatic carbocycles. The molecule has 0 radical (unpaired) electrons. The smallest absolute Gasteiger partial charge is 0.308 e. The van der Waals surface area contributed by atoms with Gasteiger partial charge in [0.2, 0.25) is 0 Å². The number of carbonyl (C=O) groups is 2. The topological polar surface area (TPSA) is 112 Å². The summed E-state index contributed by atoms with van der Waals surface area (Å²) >= 11 is 0. The summed E-state index contributed by atoms with van der Waals surface area (Å²) < 4.78 is 10.1. The van der Waals surface area contributed by atoms with Gasteiger partial charge in [0.1, 0.15) is 18.2 Å². The maximum atomic E-state index is 12.4. The Hall–Kier alpha value is -3.41. The number of benzene rings is 2. The Morgan fingerprint density at radius 1 is 1.06 bits per heavy atom. The third-order valence-corrected chi connectivity index (χ3v) is 5.58. The maximum absolute atomic E-state index is 12.4. The summed E-state index contributed by atoms with van der Waals surface area (Å²) in [6, 6.07) is 14.3. The summed E-state index contributed by atoms with van der Waals surface area (Å²) in [5, 5.41) is 22.9. The number of nitriles is 1. The number of anilines is 1. The number of aliphatic hydroxyl groups is 1. The molecule has 8 nitrogen and oxygen atoms in total. The molecule has 1 amide bonds. The number of nitrogens with one attached hydrogen (secondary N) is 1. The van der Waals surface area contributed by atoms with Gasteiger partial charge in [-0.3, -0.25) is 9.59 Å². The van der Waals surface area contributed by atoms with Crippen LogP contribution >= 0.6 is 0 Å². The van der Waals surface area contributed by atoms with Gasteiger partial charge in [-0.2, -0.15) is 5.26 Å². The molecule has 3 rings (SSSR count). The summed E-state index contributed by atoms with van der Waals surface area (Å²) in [7, 11) is 0. The first-order chi connectivity index (χ1) is 16.6. The van der Waals surface area contributed by atoms with E-state index in [4.69, 9.17) is 14.6 Å². The van der Waals surface area contributed by atoms with E-state index >= 15 is 0 Å². The summed E-state index contributed by atoms with van der Waals surface area (Å²) in [6.07, 6.45) is 5.29. The largest absolute Gasteiger partial charge is 0.463 e. The summed E-state index contributed by atoms with van der Waals surface area (Å²) in [5.74, 6) is -0.958. The molecular formula is C26H31N3O5. The van der Waals surface area contributed by atoms with Crippen molar-refractivity contribution in [3.8, 4) is 6.07 Å². The van der Waals surface area contributed by atoms with E-state index in [1.165, 1.54) is 24.9 Å². The number of amides is 1. The van der Waals surface area contributed by atoms with Crippen LogP contribution < -0.4 is 10.2 Å². The van der Waals surface area contributed by atoms with E-state index in [1.54, 1.807) is 6.08 Å². The molecule has 2 N–H and O–H groups in total. The minimum atomic E-state index is -0.487. The maximum Gasteiger partial charge on any atom is 0.308 e. The predicted octanol–water partition coefficient (Wildman–Crippen LogP) is 2.80. The number of rotatable bonds is 11. The van der Waals surface area contributed by atoms with Crippen molar-refractivity contribution in [1.82, 2.24) is 5.32 Å². The molecule has 0 saturated carbocycles. The van der Waals surface area contributed by atoms with Crippen LogP contribution in [0.4, 0.5) is 5.69 Å². The van der Waals surface area contributed by atoms with E-state index < -0.39 is 11.9 Å². The van der Waals surface area contributed by atoms with Crippen LogP contribution in [-0.4, -0.2) is 63.0 Å². The lowest BCUT2D eigenvalue weighted by molar-refractivity contribution is -0.145. The number of ether oxygens (including phenoxy) is 2. The zero-order chi connectivity index (χ0) is 24.2. The molecule has 1 aliphatic rings. The average Bonchev–Trinajstić information content (AvgIpc) is 2.86. The number of carbonyl (C=O) groups excluding carboxylic acids is 2. The molecule has 1 fully saturated rings. The Morgan fingerprint density at radius 3 is 2.59 bits per heavy atom. The highest BCUT2D eigenvalue weighted by molar-refractivity contribution is 6.02. The Kier molecular flexibility index (Phi) is 9.89. The molecule has 1 heterocycles. The van der Waals surface area contributed by atoms with E-state index in [9.17, 15) is 14.9 Å². The first kappa shape index (κ1) is 25.2. The third-order valence-electron chi connectivity index (χ3n) is 5.58. The molecule has 2 aromatic rings. The molecule has 0 unspecified atom stereocenters. The minimum absolute atomic E-state index is 0.0159. The Morgan fingerprint density at radius 2 is 1.82 bits per heavy atom. The van der Waals surface area contributed by atoms with Crippen LogP contribution in [0.2, 0.25) is 0 Å². The number of hydrogen-bond donors (Lipinski definition) is 2. The molecule has 180 valence electrons. The van der Waals surface area contributed by atoms with Gasteiger partial charge in [0.15, 0.2) is 0 Å². The lowest BCUT2D eigenvalue weighted by Gasteiger charge is -2.29. The van der Waals surface area contributed by atoms with Crippen LogP contribution in [0.3, 0.4) is 0 Å². The zero-order valence-corrected chi connectivity index (χ0v) is 19.3. The SMILES string of the molecule is N#C/C(=C\c1ccc2cc(N3CCCCC3)ccc2c1)C(=O)NCCOCCOC(=O)CCO. The molecule has 0 spiro atoms. The third kappa shape index (κ3) is 7.58. The summed E-state index contributed by atoms with van der Waals surface area (Å²) in [4.78, 5) is 25.9. The van der Waals surface area contributed by atoms with Crippen molar-refractivity contribution in [3.63, 3.8) is 0 Å². The van der Waals surface area contributed by atoms with Crippen molar-refractivity contribution in [2.75, 3.05) is 51.0 Å². The van der Waals surface area contributed by atoms with Crippen LogP contribution in [0.1, 0.15) is 31.2 Å². The number of aliphatic hydroxyl groups excluding tert-OH is 1. The van der Waals surface area contributed by atoms with Gasteiger partial charge in [-0.25, -0.2) is 0 Å². The fourth-order valence-corrected chi connectivity index (χ4v) is 3.82. The second-order valence-corrected chi connectivity index (χ2v) is 8.07. The van der Waals surface area contributed by atoms with Gasteiger partial charge < -0.3 is 24.8 Å². The Labute approximate surface area is 199 Å². The number of nitrogens with zero attached hydrogens (tertiary/aromatic N) is 2. The highest BCUT2D eigenvalue weighted by Gasteiger charge is 2.12. The molecule has 8 heteroatoms. The molecular weight excluding hydrogens is 434 g/mol. The Balaban J connectivity index is 1.50. The first-order valence-corrected chi connectivity index (χ1v) is 11.6. The van der Waals surface area contributed by atoms with E-state index in [-0.39, 0.29) is 45.0 Å². The molecule has 0 atom stereocenters. The Bertz CT molecular complexity index is 1050. The van der Waals surface area contributed by atoms with Crippen LogP contribution in [0, 0.1) is 11.3 Å². The highest BCUT2D eigenvalue weighted by Crippen LogP contribution is 2.26. The van der Waals surface area contributed by atoms with E-state index in [2.05, 4.69) is 28.4 Å². The van der Waals surface area contributed by atoms with Crippen molar-refractivity contribution in [2.45, 2.75) is 25.7 Å². The molecule has 34 heavy (non-hydrogen) atoms. The van der Waals surface area contributed by atoms with Gasteiger partial charge in [0, 0.05) is 25.3 Å². The second kappa shape index (κ2) is 13.3. The number of hydrogen-bond acceptors (Lipinski definition) is 7. The van der Waals surface area contributed by atoms with Crippen molar-refractivity contribution >= 4 is 34.4 Å². The van der Waals surface area contributed by atoms with Crippen LogP contribution in [0.15, 0.2) is 42.0 Å². The molecule has 0 aromatic heterocycles. The fourth-order valence-electron chi connectivity index (χ4n) is 3.82. The van der Waals surface area contributed by atoms with Crippen molar-refractivity contribution in [3.05, 3.63) is 47.5 Å². The second-order valence-electron chi connectivity index (χ2n) is 8.07. The van der Waals surface area contributed by atoms with E-state index in [1.807, 2.05) is 24.3 Å². The standard InChI is InChI=1S/C26H31N3O5/c27-19-23(26(32)28-9-13-33-14-15-34-25(31)8-12-30)17-20-4-5-22-18-24(7-6-21(22)16-20)29-10-2-1-3-11-29/h4-7,16-18,30H,1-3,8-15H2,(H,28,32)/b23-17+. The monoisotopic (exact) mass is 465 g/mol. The van der Waals surface area contributed by atoms with Crippen LogP contribution in [0.25, 0.3) is 16.8 Å². The molecule has 1 saturated heterocycles. The summed E-state index contributed by atoms with van der Waals surface area (Å²) in [6.45, 7) is 2.64. The van der Waals surface area contributed by atoms with Gasteiger partial charge in [-0.1, -0.05) is 18.2 Å². The van der Waals surface area contributed by atoms with Crippen molar-refractivity contribution in [2.24, 2.45) is 0 Å². The van der Waals surface area contributed by atoms with Gasteiger partial charge in [-0.05, 0) is 59.9 Å². The van der Waals surface area contributed by atoms with Crippen LogP contribution in [-0.2, 0) is 19.1 Å². The van der Waals surface area contributed by atoms with Gasteiger partial charge >= 0.3 is 5.97 Å².